The molecule has 7 nitrogen and oxygen atoms in total. The number of aryl methyl sites for hydroxylation is 1. The predicted molar refractivity (Wildman–Crippen MR) is 119 cm³/mol. The number of carbonyl (C=O) groups is 1. The van der Waals surface area contributed by atoms with E-state index in [4.69, 9.17) is 4.74 Å². The molecule has 0 bridgehead atoms. The Morgan fingerprint density at radius 3 is 2.61 bits per heavy atom. The molecule has 1 N–H and O–H groups in total. The van der Waals surface area contributed by atoms with Crippen molar-refractivity contribution >= 4 is 5.91 Å². The molecular formula is C24H29N5O2. The highest BCUT2D eigenvalue weighted by Crippen LogP contribution is 2.17. The molecule has 1 aromatic heterocycles. The quantitative estimate of drug-likeness (QED) is 0.638. The van der Waals surface area contributed by atoms with Crippen molar-refractivity contribution in [3.8, 4) is 5.75 Å². The maximum atomic E-state index is 12.3. The summed E-state index contributed by atoms with van der Waals surface area (Å²) in [6.07, 6.45) is 0.844. The van der Waals surface area contributed by atoms with Gasteiger partial charge in [0.15, 0.2) is 12.4 Å². The van der Waals surface area contributed by atoms with Gasteiger partial charge in [-0.25, -0.2) is 0 Å². The van der Waals surface area contributed by atoms with E-state index >= 15 is 0 Å². The standard InChI is InChI=1S/C24H29N5O2/c1-18-8-10-20(11-9-18)16-28-13-12-22-26-27-24(29(22)15-14-28)19(2)25-23(30)17-31-21-6-4-3-5-7-21/h3-11,19H,12-17H2,1-2H3,(H,25,30)/t19-/m1/s1. The molecule has 2 aromatic carbocycles. The molecule has 0 saturated carbocycles. The van der Waals surface area contributed by atoms with E-state index in [0.717, 1.165) is 44.2 Å². The number of para-hydroxylation sites is 1. The van der Waals surface area contributed by atoms with E-state index in [0.29, 0.717) is 5.75 Å². The average Bonchev–Trinajstić information content (AvgIpc) is 3.09. The molecule has 0 fully saturated rings. The lowest BCUT2D eigenvalue weighted by atomic mass is 10.1. The molecular weight excluding hydrogens is 390 g/mol. The topological polar surface area (TPSA) is 72.3 Å². The summed E-state index contributed by atoms with van der Waals surface area (Å²) in [4.78, 5) is 14.8. The predicted octanol–water partition coefficient (Wildman–Crippen LogP) is 2.90. The summed E-state index contributed by atoms with van der Waals surface area (Å²) in [5.74, 6) is 2.27. The molecule has 3 aromatic rings. The van der Waals surface area contributed by atoms with Gasteiger partial charge in [-0.15, -0.1) is 10.2 Å². The van der Waals surface area contributed by atoms with Crippen LogP contribution in [0.1, 0.15) is 35.7 Å². The molecule has 4 rings (SSSR count). The number of carbonyl (C=O) groups excluding carboxylic acids is 1. The van der Waals surface area contributed by atoms with Crippen molar-refractivity contribution in [1.29, 1.82) is 0 Å². The molecule has 0 unspecified atom stereocenters. The molecule has 0 saturated heterocycles. The van der Waals surface area contributed by atoms with Crippen LogP contribution in [0.5, 0.6) is 5.75 Å². The zero-order valence-corrected chi connectivity index (χ0v) is 18.1. The van der Waals surface area contributed by atoms with E-state index in [-0.39, 0.29) is 18.6 Å². The fraction of sp³-hybridized carbons (Fsp3) is 0.375. The number of rotatable bonds is 7. The lowest BCUT2D eigenvalue weighted by Crippen LogP contribution is -2.33. The van der Waals surface area contributed by atoms with Crippen LogP contribution in [0.2, 0.25) is 0 Å². The van der Waals surface area contributed by atoms with E-state index in [2.05, 4.69) is 56.2 Å². The largest absolute Gasteiger partial charge is 0.484 e. The van der Waals surface area contributed by atoms with Gasteiger partial charge in [-0.05, 0) is 31.5 Å². The number of hydrogen-bond acceptors (Lipinski definition) is 5. The number of benzene rings is 2. The zero-order valence-electron chi connectivity index (χ0n) is 18.1. The molecule has 1 atom stereocenters. The van der Waals surface area contributed by atoms with Gasteiger partial charge in [0.25, 0.3) is 5.91 Å². The molecule has 0 aliphatic carbocycles. The van der Waals surface area contributed by atoms with Gasteiger partial charge in [-0.3, -0.25) is 9.69 Å². The summed E-state index contributed by atoms with van der Waals surface area (Å²) in [6.45, 7) is 7.62. The Morgan fingerprint density at radius 1 is 1.06 bits per heavy atom. The smallest absolute Gasteiger partial charge is 0.258 e. The third-order valence-electron chi connectivity index (χ3n) is 5.55. The zero-order chi connectivity index (χ0) is 21.6. The monoisotopic (exact) mass is 419 g/mol. The van der Waals surface area contributed by atoms with E-state index in [1.165, 1.54) is 11.1 Å². The summed E-state index contributed by atoms with van der Waals surface area (Å²) in [5, 5.41) is 11.7. The Hall–Kier alpha value is -3.19. The third-order valence-corrected chi connectivity index (χ3v) is 5.55. The van der Waals surface area contributed by atoms with Gasteiger partial charge < -0.3 is 14.6 Å². The second-order valence-corrected chi connectivity index (χ2v) is 8.03. The molecule has 0 radical (unpaired) electrons. The van der Waals surface area contributed by atoms with Crippen LogP contribution in [0, 0.1) is 6.92 Å². The Labute approximate surface area is 183 Å². The van der Waals surface area contributed by atoms with Crippen LogP contribution in [-0.4, -0.2) is 45.3 Å². The highest BCUT2D eigenvalue weighted by atomic mass is 16.5. The molecule has 0 spiro atoms. The normalized spacial score (nSPS) is 15.0. The molecule has 7 heteroatoms. The average molecular weight is 420 g/mol. The lowest BCUT2D eigenvalue weighted by molar-refractivity contribution is -0.123. The van der Waals surface area contributed by atoms with Crippen LogP contribution in [0.4, 0.5) is 0 Å². The van der Waals surface area contributed by atoms with E-state index in [1.54, 1.807) is 0 Å². The van der Waals surface area contributed by atoms with E-state index < -0.39 is 0 Å². The summed E-state index contributed by atoms with van der Waals surface area (Å²) in [6, 6.07) is 17.8. The van der Waals surface area contributed by atoms with Crippen LogP contribution in [0.3, 0.4) is 0 Å². The first-order valence-electron chi connectivity index (χ1n) is 10.8. The van der Waals surface area contributed by atoms with E-state index in [9.17, 15) is 4.79 Å². The van der Waals surface area contributed by atoms with Crippen LogP contribution < -0.4 is 10.1 Å². The van der Waals surface area contributed by atoms with Gasteiger partial charge in [0.1, 0.15) is 11.6 Å². The summed E-state index contributed by atoms with van der Waals surface area (Å²) < 4.78 is 7.69. The van der Waals surface area contributed by atoms with Crippen LogP contribution in [-0.2, 0) is 24.3 Å². The number of amides is 1. The second kappa shape index (κ2) is 9.75. The minimum Gasteiger partial charge on any atom is -0.484 e. The van der Waals surface area contributed by atoms with Gasteiger partial charge in [0.05, 0.1) is 6.04 Å². The van der Waals surface area contributed by atoms with Crippen molar-refractivity contribution < 1.29 is 9.53 Å². The maximum Gasteiger partial charge on any atom is 0.258 e. The fourth-order valence-corrected chi connectivity index (χ4v) is 3.83. The van der Waals surface area contributed by atoms with Crippen molar-refractivity contribution in [3.05, 3.63) is 77.4 Å². The third kappa shape index (κ3) is 5.49. The number of nitrogens with zero attached hydrogens (tertiary/aromatic N) is 4. The Balaban J connectivity index is 1.33. The van der Waals surface area contributed by atoms with Crippen LogP contribution in [0.25, 0.3) is 0 Å². The lowest BCUT2D eigenvalue weighted by Gasteiger charge is -2.20. The highest BCUT2D eigenvalue weighted by Gasteiger charge is 2.23. The van der Waals surface area contributed by atoms with Gasteiger partial charge in [-0.2, -0.15) is 0 Å². The van der Waals surface area contributed by atoms with Gasteiger partial charge >= 0.3 is 0 Å². The number of aromatic nitrogens is 3. The van der Waals surface area contributed by atoms with Crippen molar-refractivity contribution in [1.82, 2.24) is 25.0 Å². The van der Waals surface area contributed by atoms with Crippen molar-refractivity contribution in [2.24, 2.45) is 0 Å². The first-order valence-corrected chi connectivity index (χ1v) is 10.8. The number of hydrogen-bond donors (Lipinski definition) is 1. The first-order chi connectivity index (χ1) is 15.1. The number of nitrogens with one attached hydrogen (secondary N) is 1. The van der Waals surface area contributed by atoms with Crippen molar-refractivity contribution in [2.75, 3.05) is 19.7 Å². The Morgan fingerprint density at radius 2 is 1.84 bits per heavy atom. The first kappa shape index (κ1) is 21.1. The molecule has 162 valence electrons. The fourth-order valence-electron chi connectivity index (χ4n) is 3.83. The molecule has 1 aliphatic heterocycles. The number of fused-ring (bicyclic) bond motifs is 1. The Bertz CT molecular complexity index is 1000. The SMILES string of the molecule is Cc1ccc(CN2CCc3nnc([C@@H](C)NC(=O)COc4ccccc4)n3CC2)cc1. The summed E-state index contributed by atoms with van der Waals surface area (Å²) in [7, 11) is 0. The highest BCUT2D eigenvalue weighted by molar-refractivity contribution is 5.77. The van der Waals surface area contributed by atoms with Crippen molar-refractivity contribution in [3.63, 3.8) is 0 Å². The van der Waals surface area contributed by atoms with Gasteiger partial charge in [0.2, 0.25) is 0 Å². The molecule has 1 aliphatic rings. The summed E-state index contributed by atoms with van der Waals surface area (Å²) >= 11 is 0. The van der Waals surface area contributed by atoms with Crippen LogP contribution >= 0.6 is 0 Å². The number of ether oxygens (including phenoxy) is 1. The van der Waals surface area contributed by atoms with Gasteiger partial charge in [0, 0.05) is 32.6 Å². The van der Waals surface area contributed by atoms with Crippen molar-refractivity contribution in [2.45, 2.75) is 39.4 Å². The van der Waals surface area contributed by atoms with Gasteiger partial charge in [-0.1, -0.05) is 48.0 Å². The summed E-state index contributed by atoms with van der Waals surface area (Å²) in [5.41, 5.74) is 2.60. The molecule has 1 amide bonds. The minimum atomic E-state index is -0.239. The second-order valence-electron chi connectivity index (χ2n) is 8.03. The minimum absolute atomic E-state index is 0.0281. The molecule has 2 heterocycles. The Kier molecular flexibility index (Phi) is 6.62. The maximum absolute atomic E-state index is 12.3. The van der Waals surface area contributed by atoms with E-state index in [1.807, 2.05) is 37.3 Å². The van der Waals surface area contributed by atoms with Crippen LogP contribution in [0.15, 0.2) is 54.6 Å². The molecule has 31 heavy (non-hydrogen) atoms.